The Hall–Kier alpha value is -2.24. The van der Waals surface area contributed by atoms with Gasteiger partial charge < -0.3 is 15.8 Å². The van der Waals surface area contributed by atoms with E-state index in [4.69, 9.17) is 10.5 Å². The van der Waals surface area contributed by atoms with Gasteiger partial charge in [0.1, 0.15) is 11.6 Å². The minimum absolute atomic E-state index is 0.0894. The fourth-order valence-corrected chi connectivity index (χ4v) is 5.11. The summed E-state index contributed by atoms with van der Waals surface area (Å²) >= 11 is 2.90. The first-order chi connectivity index (χ1) is 14.0. The zero-order valence-electron chi connectivity index (χ0n) is 16.9. The molecular formula is C19H24BrN5O4S. The minimum Gasteiger partial charge on any atom is -0.459 e. The predicted octanol–water partition coefficient (Wildman–Crippen LogP) is 2.77. The highest BCUT2D eigenvalue weighted by Crippen LogP contribution is 2.31. The number of nitrogens with zero attached hydrogens (tertiary/aromatic N) is 3. The van der Waals surface area contributed by atoms with E-state index in [0.29, 0.717) is 23.9 Å². The molecule has 9 nitrogen and oxygen atoms in total. The van der Waals surface area contributed by atoms with Gasteiger partial charge in [-0.3, -0.25) is 9.78 Å². The number of halogens is 1. The summed E-state index contributed by atoms with van der Waals surface area (Å²) in [5.41, 5.74) is 5.58. The van der Waals surface area contributed by atoms with Crippen molar-refractivity contribution in [2.24, 2.45) is 9.75 Å². The summed E-state index contributed by atoms with van der Waals surface area (Å²) in [7, 11) is -3.89. The molecule has 2 aromatic rings. The molecule has 0 spiro atoms. The van der Waals surface area contributed by atoms with Gasteiger partial charge >= 0.3 is 5.97 Å². The third-order valence-corrected chi connectivity index (χ3v) is 6.86. The number of carbonyl (C=O) groups is 1. The molecule has 3 N–H and O–H groups in total. The van der Waals surface area contributed by atoms with Crippen molar-refractivity contribution in [1.29, 1.82) is 0 Å². The van der Waals surface area contributed by atoms with Gasteiger partial charge in [-0.05, 0) is 45.7 Å². The van der Waals surface area contributed by atoms with Crippen molar-refractivity contribution in [3.63, 3.8) is 0 Å². The Bertz CT molecular complexity index is 1100. The molecule has 0 amide bonds. The Kier molecular flexibility index (Phi) is 6.34. The summed E-state index contributed by atoms with van der Waals surface area (Å²) in [5.74, 6) is -0.389. The number of nitrogens with one attached hydrogen (secondary N) is 1. The van der Waals surface area contributed by atoms with Crippen LogP contribution in [0.5, 0.6) is 0 Å². The number of esters is 1. The van der Waals surface area contributed by atoms with E-state index >= 15 is 0 Å². The minimum atomic E-state index is -3.89. The van der Waals surface area contributed by atoms with E-state index in [2.05, 4.69) is 30.5 Å². The summed E-state index contributed by atoms with van der Waals surface area (Å²) in [6.45, 7) is 5.54. The van der Waals surface area contributed by atoms with Gasteiger partial charge in [0.2, 0.25) is 16.0 Å². The van der Waals surface area contributed by atoms with Crippen molar-refractivity contribution in [3.05, 3.63) is 30.6 Å². The van der Waals surface area contributed by atoms with Gasteiger partial charge in [0.05, 0.1) is 32.9 Å². The number of nitrogens with two attached hydrogens (primary N) is 1. The van der Waals surface area contributed by atoms with Crippen LogP contribution < -0.4 is 11.1 Å². The van der Waals surface area contributed by atoms with E-state index in [1.807, 2.05) is 0 Å². The molecule has 2 heterocycles. The first kappa shape index (κ1) is 22.4. The normalized spacial score (nSPS) is 18.5. The lowest BCUT2D eigenvalue weighted by Gasteiger charge is -2.27. The van der Waals surface area contributed by atoms with Crippen LogP contribution in [0.25, 0.3) is 10.8 Å². The summed E-state index contributed by atoms with van der Waals surface area (Å²) < 4.78 is 36.9. The third kappa shape index (κ3) is 4.73. The second kappa shape index (κ2) is 8.48. The zero-order valence-corrected chi connectivity index (χ0v) is 19.3. The number of carbonyl (C=O) groups excluding carboxylic acids is 1. The lowest BCUT2D eigenvalue weighted by atomic mass is 10.1. The number of hydrogen-bond donors (Lipinski definition) is 2. The third-order valence-electron chi connectivity index (χ3n) is 4.57. The molecule has 1 aliphatic rings. The van der Waals surface area contributed by atoms with Gasteiger partial charge in [0.15, 0.2) is 0 Å². The van der Waals surface area contributed by atoms with E-state index in [1.54, 1.807) is 39.2 Å². The lowest BCUT2D eigenvalue weighted by Crippen LogP contribution is -2.43. The van der Waals surface area contributed by atoms with Crippen LogP contribution in [0.1, 0.15) is 33.6 Å². The maximum atomic E-state index is 13.3. The molecule has 1 aromatic heterocycles. The Balaban J connectivity index is 1.95. The predicted molar refractivity (Wildman–Crippen MR) is 119 cm³/mol. The number of anilines is 1. The average Bonchev–Trinajstić information content (AvgIpc) is 3.17. The van der Waals surface area contributed by atoms with Gasteiger partial charge in [-0.2, -0.15) is 8.32 Å². The molecule has 1 saturated heterocycles. The Morgan fingerprint density at radius 2 is 2.10 bits per heavy atom. The van der Waals surface area contributed by atoms with Gasteiger partial charge in [0, 0.05) is 23.5 Å². The standard InChI is InChI=1S/C19H24BrN5O4S/c1-19(2,3)29-17(26)16-5-4-8-25(16)30(27,28)13-6-7-14-12(9-13)10-22-11-15(14)23-18(21)24-20/h6-7,9-11,16H,4-5,8H2,1-3H3,(H3,21,23,24)/t16-/m0/s1. The van der Waals surface area contributed by atoms with Crippen LogP contribution in [-0.2, 0) is 19.6 Å². The summed E-state index contributed by atoms with van der Waals surface area (Å²) in [4.78, 5) is 16.8. The van der Waals surface area contributed by atoms with Gasteiger partial charge in [-0.25, -0.2) is 8.42 Å². The Morgan fingerprint density at radius 1 is 1.37 bits per heavy atom. The SMILES string of the molecule is CC(C)(C)OC(=O)[C@@H]1CCCN1S(=O)(=O)c1ccc2c(NC(N)=NBr)cncc2c1. The molecule has 162 valence electrons. The fourth-order valence-electron chi connectivity index (χ4n) is 3.34. The van der Waals surface area contributed by atoms with Crippen molar-refractivity contribution in [3.8, 4) is 0 Å². The molecule has 1 aromatic carbocycles. The zero-order chi connectivity index (χ0) is 22.1. The van der Waals surface area contributed by atoms with E-state index < -0.39 is 27.6 Å². The number of guanidine groups is 1. The first-order valence-electron chi connectivity index (χ1n) is 9.37. The number of ether oxygens (including phenoxy) is 1. The molecular weight excluding hydrogens is 474 g/mol. The molecule has 11 heteroatoms. The smallest absolute Gasteiger partial charge is 0.324 e. The maximum absolute atomic E-state index is 13.3. The van der Waals surface area contributed by atoms with Crippen molar-refractivity contribution < 1.29 is 17.9 Å². The fraction of sp³-hybridized carbons (Fsp3) is 0.421. The van der Waals surface area contributed by atoms with E-state index in [9.17, 15) is 13.2 Å². The van der Waals surface area contributed by atoms with E-state index in [1.165, 1.54) is 16.4 Å². The second-order valence-corrected chi connectivity index (χ2v) is 10.2. The van der Waals surface area contributed by atoms with Crippen molar-refractivity contribution in [2.75, 3.05) is 11.9 Å². The first-order valence-corrected chi connectivity index (χ1v) is 11.5. The highest BCUT2D eigenvalue weighted by Gasteiger charge is 2.41. The van der Waals surface area contributed by atoms with Crippen LogP contribution in [0.4, 0.5) is 5.69 Å². The number of fused-ring (bicyclic) bond motifs is 1. The molecule has 0 saturated carbocycles. The monoisotopic (exact) mass is 497 g/mol. The Morgan fingerprint density at radius 3 is 2.77 bits per heavy atom. The molecule has 1 atom stereocenters. The number of benzene rings is 1. The van der Waals surface area contributed by atoms with Gasteiger partial charge in [0.25, 0.3) is 0 Å². The summed E-state index contributed by atoms with van der Waals surface area (Å²) in [6, 6.07) is 3.89. The van der Waals surface area contributed by atoms with Gasteiger partial charge in [-0.15, -0.1) is 0 Å². The van der Waals surface area contributed by atoms with Crippen LogP contribution in [0, 0.1) is 0 Å². The molecule has 3 rings (SSSR count). The highest BCUT2D eigenvalue weighted by molar-refractivity contribution is 9.08. The van der Waals surface area contributed by atoms with Crippen molar-refractivity contribution >= 4 is 54.6 Å². The molecule has 1 fully saturated rings. The second-order valence-electron chi connectivity index (χ2n) is 7.97. The topological polar surface area (TPSA) is 127 Å². The van der Waals surface area contributed by atoms with Crippen LogP contribution in [-0.4, -0.2) is 47.8 Å². The number of hydrogen-bond acceptors (Lipinski definition) is 6. The van der Waals surface area contributed by atoms with Crippen molar-refractivity contribution in [2.45, 2.75) is 50.2 Å². The Labute approximate surface area is 184 Å². The largest absolute Gasteiger partial charge is 0.459 e. The van der Waals surface area contributed by atoms with Crippen LogP contribution in [0.2, 0.25) is 0 Å². The van der Waals surface area contributed by atoms with E-state index in [-0.39, 0.29) is 17.4 Å². The quantitative estimate of drug-likeness (QED) is 0.377. The molecule has 1 aliphatic heterocycles. The van der Waals surface area contributed by atoms with Crippen molar-refractivity contribution in [1.82, 2.24) is 9.29 Å². The average molecular weight is 498 g/mol. The maximum Gasteiger partial charge on any atom is 0.324 e. The lowest BCUT2D eigenvalue weighted by molar-refractivity contribution is -0.158. The number of pyridine rings is 1. The molecule has 0 bridgehead atoms. The van der Waals surface area contributed by atoms with Gasteiger partial charge in [-0.1, -0.05) is 6.07 Å². The summed E-state index contributed by atoms with van der Waals surface area (Å²) in [6.07, 6.45) is 4.16. The molecule has 30 heavy (non-hydrogen) atoms. The van der Waals surface area contributed by atoms with E-state index in [0.717, 1.165) is 5.39 Å². The number of sulfonamides is 1. The number of aromatic nitrogens is 1. The highest BCUT2D eigenvalue weighted by atomic mass is 79.9. The van der Waals surface area contributed by atoms with Crippen LogP contribution in [0.15, 0.2) is 39.5 Å². The number of rotatable bonds is 4. The van der Waals surface area contributed by atoms with Crippen LogP contribution >= 0.6 is 16.1 Å². The molecule has 0 radical (unpaired) electrons. The van der Waals surface area contributed by atoms with Crippen LogP contribution in [0.3, 0.4) is 0 Å². The molecule has 0 aliphatic carbocycles. The summed E-state index contributed by atoms with van der Waals surface area (Å²) in [5, 5.41) is 4.23. The molecule has 0 unspecified atom stereocenters.